The molecular formula is C5H17NOSi2. The Labute approximate surface area is 61.5 Å². The highest BCUT2D eigenvalue weighted by molar-refractivity contribution is 6.73. The summed E-state index contributed by atoms with van der Waals surface area (Å²) in [4.78, 5) is 0. The molecular weight excluding hydrogens is 146 g/mol. The number of rotatable bonds is 4. The Hall–Kier alpha value is 0.354. The average Bonchev–Trinajstić information content (AvgIpc) is 1.84. The zero-order valence-electron chi connectivity index (χ0n) is 6.61. The Morgan fingerprint density at radius 3 is 2.44 bits per heavy atom. The molecule has 0 aromatic rings. The number of hydrogen-bond acceptors (Lipinski definition) is 2. The Morgan fingerprint density at radius 2 is 2.11 bits per heavy atom. The summed E-state index contributed by atoms with van der Waals surface area (Å²) in [7, 11) is -0.331. The van der Waals surface area contributed by atoms with Crippen molar-refractivity contribution in [2.75, 3.05) is 6.54 Å². The second kappa shape index (κ2) is 4.21. The van der Waals surface area contributed by atoms with Gasteiger partial charge in [0, 0.05) is 0 Å². The first-order valence-electron chi connectivity index (χ1n) is 3.37. The van der Waals surface area contributed by atoms with E-state index in [1.165, 1.54) is 6.04 Å². The van der Waals surface area contributed by atoms with E-state index < -0.39 is 8.32 Å². The summed E-state index contributed by atoms with van der Waals surface area (Å²) < 4.78 is 5.46. The largest absolute Gasteiger partial charge is 0.463 e. The lowest BCUT2D eigenvalue weighted by molar-refractivity contribution is 0.600. The van der Waals surface area contributed by atoms with Crippen molar-refractivity contribution in [3.05, 3.63) is 0 Å². The highest BCUT2D eigenvalue weighted by Crippen LogP contribution is 2.10. The molecule has 0 aliphatic carbocycles. The molecule has 0 saturated carbocycles. The SMILES string of the molecule is C[Si](C)(CCCN)O[SiH3]. The van der Waals surface area contributed by atoms with Crippen LogP contribution in [0, 0.1) is 0 Å². The summed E-state index contributed by atoms with van der Waals surface area (Å²) in [6.45, 7) is 5.30. The lowest BCUT2D eigenvalue weighted by Crippen LogP contribution is -2.29. The molecule has 4 heteroatoms. The van der Waals surface area contributed by atoms with Crippen LogP contribution in [-0.4, -0.2) is 25.3 Å². The van der Waals surface area contributed by atoms with E-state index in [0.717, 1.165) is 23.5 Å². The molecule has 0 bridgehead atoms. The third kappa shape index (κ3) is 4.83. The minimum absolute atomic E-state index is 0.807. The smallest absolute Gasteiger partial charge is 0.172 e. The zero-order chi connectivity index (χ0) is 7.33. The highest BCUT2D eigenvalue weighted by Gasteiger charge is 2.17. The van der Waals surface area contributed by atoms with E-state index in [1.54, 1.807) is 0 Å². The van der Waals surface area contributed by atoms with Gasteiger partial charge in [-0.3, -0.25) is 0 Å². The highest BCUT2D eigenvalue weighted by atomic mass is 28.4. The first kappa shape index (κ1) is 9.35. The van der Waals surface area contributed by atoms with Crippen molar-refractivity contribution in [2.45, 2.75) is 25.6 Å². The Kier molecular flexibility index (Phi) is 4.38. The van der Waals surface area contributed by atoms with Gasteiger partial charge in [0.25, 0.3) is 0 Å². The van der Waals surface area contributed by atoms with Gasteiger partial charge in [-0.25, -0.2) is 0 Å². The quantitative estimate of drug-likeness (QED) is 0.585. The molecule has 0 aliphatic rings. The molecule has 0 saturated heterocycles. The second-order valence-electron chi connectivity index (χ2n) is 2.86. The summed E-state index contributed by atoms with van der Waals surface area (Å²) in [6.07, 6.45) is 1.13. The van der Waals surface area contributed by atoms with Crippen LogP contribution < -0.4 is 5.73 Å². The van der Waals surface area contributed by atoms with Crippen LogP contribution in [0.3, 0.4) is 0 Å². The molecule has 0 aromatic heterocycles. The second-order valence-corrected chi connectivity index (χ2v) is 8.51. The monoisotopic (exact) mass is 163 g/mol. The molecule has 0 spiro atoms. The van der Waals surface area contributed by atoms with Crippen LogP contribution in [0.25, 0.3) is 0 Å². The maximum Gasteiger partial charge on any atom is 0.172 e. The molecule has 0 unspecified atom stereocenters. The first-order chi connectivity index (χ1) is 4.12. The fourth-order valence-corrected chi connectivity index (χ4v) is 2.50. The standard InChI is InChI=1S/C5H17NOSi2/c1-9(2,7-8)5-3-4-6/h3-6H2,1-2,8H3. The Bertz CT molecular complexity index is 77.4. The number of nitrogens with two attached hydrogens (primary N) is 1. The van der Waals surface area contributed by atoms with Gasteiger partial charge in [0.2, 0.25) is 0 Å². The summed E-state index contributed by atoms with van der Waals surface area (Å²) in [6, 6.07) is 1.22. The van der Waals surface area contributed by atoms with Crippen LogP contribution in [0.4, 0.5) is 0 Å². The van der Waals surface area contributed by atoms with E-state index in [1.807, 2.05) is 0 Å². The van der Waals surface area contributed by atoms with Gasteiger partial charge in [0.15, 0.2) is 8.32 Å². The van der Waals surface area contributed by atoms with Crippen molar-refractivity contribution in [2.24, 2.45) is 5.73 Å². The van der Waals surface area contributed by atoms with Crippen molar-refractivity contribution in [3.63, 3.8) is 0 Å². The summed E-state index contributed by atoms with van der Waals surface area (Å²) in [5, 5.41) is 0. The van der Waals surface area contributed by atoms with Crippen LogP contribution >= 0.6 is 0 Å². The molecule has 0 aromatic carbocycles. The molecule has 0 radical (unpaired) electrons. The third-order valence-electron chi connectivity index (χ3n) is 1.54. The minimum Gasteiger partial charge on any atom is -0.463 e. The van der Waals surface area contributed by atoms with Crippen molar-refractivity contribution < 1.29 is 4.12 Å². The lowest BCUT2D eigenvalue weighted by atomic mass is 10.5. The van der Waals surface area contributed by atoms with Crippen LogP contribution in [-0.2, 0) is 4.12 Å². The molecule has 0 heterocycles. The van der Waals surface area contributed by atoms with Crippen LogP contribution in [0.2, 0.25) is 19.1 Å². The molecule has 9 heavy (non-hydrogen) atoms. The maximum absolute atomic E-state index is 5.46. The van der Waals surface area contributed by atoms with Gasteiger partial charge >= 0.3 is 0 Å². The van der Waals surface area contributed by atoms with Crippen LogP contribution in [0.15, 0.2) is 0 Å². The van der Waals surface area contributed by atoms with Gasteiger partial charge in [-0.05, 0) is 32.1 Å². The molecule has 0 fully saturated rings. The van der Waals surface area contributed by atoms with Gasteiger partial charge in [-0.1, -0.05) is 0 Å². The Morgan fingerprint density at radius 1 is 1.56 bits per heavy atom. The van der Waals surface area contributed by atoms with E-state index in [-0.39, 0.29) is 0 Å². The van der Waals surface area contributed by atoms with Gasteiger partial charge in [-0.2, -0.15) is 0 Å². The zero-order valence-corrected chi connectivity index (χ0v) is 9.61. The van der Waals surface area contributed by atoms with Gasteiger partial charge in [-0.15, -0.1) is 0 Å². The lowest BCUT2D eigenvalue weighted by Gasteiger charge is -2.19. The fraction of sp³-hybridized carbons (Fsp3) is 1.00. The van der Waals surface area contributed by atoms with Crippen LogP contribution in [0.5, 0.6) is 0 Å². The van der Waals surface area contributed by atoms with Gasteiger partial charge in [0.1, 0.15) is 10.5 Å². The first-order valence-corrected chi connectivity index (χ1v) is 7.31. The van der Waals surface area contributed by atoms with E-state index >= 15 is 0 Å². The average molecular weight is 163 g/mol. The fourth-order valence-electron chi connectivity index (χ4n) is 0.630. The molecule has 0 atom stereocenters. The molecule has 2 nitrogen and oxygen atoms in total. The summed E-state index contributed by atoms with van der Waals surface area (Å²) in [5.41, 5.74) is 5.37. The third-order valence-corrected chi connectivity index (χ3v) is 7.51. The van der Waals surface area contributed by atoms with Crippen molar-refractivity contribution in [1.82, 2.24) is 0 Å². The van der Waals surface area contributed by atoms with E-state index in [9.17, 15) is 0 Å². The Balaban J connectivity index is 3.33. The predicted molar refractivity (Wildman–Crippen MR) is 47.0 cm³/mol. The van der Waals surface area contributed by atoms with Gasteiger partial charge < -0.3 is 9.85 Å². The van der Waals surface area contributed by atoms with E-state index in [4.69, 9.17) is 9.85 Å². The predicted octanol–water partition coefficient (Wildman–Crippen LogP) is -0.163. The molecule has 0 aliphatic heterocycles. The minimum atomic E-state index is -1.22. The maximum atomic E-state index is 5.46. The molecule has 0 rings (SSSR count). The molecule has 2 N–H and O–H groups in total. The molecule has 0 amide bonds. The topological polar surface area (TPSA) is 35.2 Å². The summed E-state index contributed by atoms with van der Waals surface area (Å²) >= 11 is 0. The van der Waals surface area contributed by atoms with Crippen molar-refractivity contribution in [1.29, 1.82) is 0 Å². The van der Waals surface area contributed by atoms with Crippen molar-refractivity contribution in [3.8, 4) is 0 Å². The van der Waals surface area contributed by atoms with Crippen molar-refractivity contribution >= 4 is 18.8 Å². The van der Waals surface area contributed by atoms with Gasteiger partial charge in [0.05, 0.1) is 0 Å². The molecule has 56 valence electrons. The summed E-state index contributed by atoms with van der Waals surface area (Å²) in [5.74, 6) is 0. The van der Waals surface area contributed by atoms with Crippen LogP contribution in [0.1, 0.15) is 6.42 Å². The normalized spacial score (nSPS) is 12.3. The van der Waals surface area contributed by atoms with E-state index in [0.29, 0.717) is 0 Å². The van der Waals surface area contributed by atoms with E-state index in [2.05, 4.69) is 13.1 Å². The number of hydrogen-bond donors (Lipinski definition) is 1.